The Hall–Kier alpha value is -1.50. The van der Waals surface area contributed by atoms with E-state index in [1.165, 1.54) is 19.2 Å². The van der Waals surface area contributed by atoms with Gasteiger partial charge in [0.15, 0.2) is 11.5 Å². The minimum absolute atomic E-state index is 0.244. The lowest BCUT2D eigenvalue weighted by Gasteiger charge is -2.08. The van der Waals surface area contributed by atoms with Crippen LogP contribution in [0.25, 0.3) is 0 Å². The molecule has 0 bridgehead atoms. The van der Waals surface area contributed by atoms with E-state index in [1.54, 1.807) is 0 Å². The number of hydrogen-bond acceptors (Lipinski definition) is 6. The van der Waals surface area contributed by atoms with Crippen molar-refractivity contribution >= 4 is 0 Å². The van der Waals surface area contributed by atoms with Gasteiger partial charge in [0.25, 0.3) is 0 Å². The van der Waals surface area contributed by atoms with E-state index in [2.05, 4.69) is 15.9 Å². The van der Waals surface area contributed by atoms with Crippen LogP contribution in [0.5, 0.6) is 17.2 Å². The summed E-state index contributed by atoms with van der Waals surface area (Å²) in [5.74, 6) is -1.23. The number of hydrazine groups is 1. The van der Waals surface area contributed by atoms with Gasteiger partial charge in [-0.1, -0.05) is 6.07 Å². The van der Waals surface area contributed by atoms with E-state index in [1.807, 2.05) is 0 Å². The number of phenolic OH excluding ortho intramolecular Hbond substituents is 3. The van der Waals surface area contributed by atoms with Gasteiger partial charge in [0.05, 0.1) is 7.11 Å². The Morgan fingerprint density at radius 1 is 1.21 bits per heavy atom. The van der Waals surface area contributed by atoms with Crippen molar-refractivity contribution in [3.05, 3.63) is 17.7 Å². The van der Waals surface area contributed by atoms with Crippen LogP contribution in [-0.4, -0.2) is 22.4 Å². The van der Waals surface area contributed by atoms with Crippen molar-refractivity contribution in [3.8, 4) is 17.2 Å². The van der Waals surface area contributed by atoms with Crippen LogP contribution in [0, 0.1) is 0 Å². The quantitative estimate of drug-likeness (QED) is 0.266. The van der Waals surface area contributed by atoms with Gasteiger partial charge in [0.2, 0.25) is 5.75 Å². The van der Waals surface area contributed by atoms with Gasteiger partial charge < -0.3 is 15.3 Å². The van der Waals surface area contributed by atoms with Crippen LogP contribution in [0.3, 0.4) is 0 Å². The normalized spacial score (nSPS) is 10.4. The molecule has 6 heteroatoms. The fourth-order valence-corrected chi connectivity index (χ4v) is 0.957. The Bertz CT molecular complexity index is 316. The predicted molar refractivity (Wildman–Crippen MR) is 48.4 cm³/mol. The van der Waals surface area contributed by atoms with Gasteiger partial charge in [0.1, 0.15) is 0 Å². The van der Waals surface area contributed by atoms with Gasteiger partial charge in [-0.25, -0.2) is 5.43 Å². The van der Waals surface area contributed by atoms with Crippen molar-refractivity contribution in [1.82, 2.24) is 11.0 Å². The highest BCUT2D eigenvalue weighted by atomic mass is 16.7. The lowest BCUT2D eigenvalue weighted by atomic mass is 10.2. The first-order chi connectivity index (χ1) is 6.66. The summed E-state index contributed by atoms with van der Waals surface area (Å²) < 4.78 is 0. The zero-order valence-corrected chi connectivity index (χ0v) is 7.61. The molecule has 0 saturated carbocycles. The molecule has 14 heavy (non-hydrogen) atoms. The zero-order valence-electron chi connectivity index (χ0n) is 7.61. The van der Waals surface area contributed by atoms with Crippen LogP contribution in [0.2, 0.25) is 0 Å². The van der Waals surface area contributed by atoms with Crippen molar-refractivity contribution in [3.63, 3.8) is 0 Å². The molecule has 0 fully saturated rings. The maximum Gasteiger partial charge on any atom is 0.200 e. The van der Waals surface area contributed by atoms with Gasteiger partial charge in [-0.3, -0.25) is 4.84 Å². The standard InChI is InChI=1S/C8H12N2O4/c1-14-10-9-4-5-2-3-6(11)8(13)7(5)12/h2-3,9-13H,4H2,1H3. The number of benzene rings is 1. The van der Waals surface area contributed by atoms with E-state index in [0.29, 0.717) is 5.56 Å². The number of aromatic hydroxyl groups is 3. The average Bonchev–Trinajstić information content (AvgIpc) is 2.18. The van der Waals surface area contributed by atoms with E-state index >= 15 is 0 Å². The van der Waals surface area contributed by atoms with Gasteiger partial charge in [0, 0.05) is 12.1 Å². The Balaban J connectivity index is 2.73. The Kier molecular flexibility index (Phi) is 3.52. The average molecular weight is 200 g/mol. The maximum atomic E-state index is 9.36. The van der Waals surface area contributed by atoms with Crippen LogP contribution in [0.4, 0.5) is 0 Å². The summed E-state index contributed by atoms with van der Waals surface area (Å²) >= 11 is 0. The molecule has 0 unspecified atom stereocenters. The first-order valence-corrected chi connectivity index (χ1v) is 3.90. The predicted octanol–water partition coefficient (Wildman–Crippen LogP) is -0.0410. The van der Waals surface area contributed by atoms with Gasteiger partial charge >= 0.3 is 0 Å². The van der Waals surface area contributed by atoms with Crippen molar-refractivity contribution in [1.29, 1.82) is 0 Å². The van der Waals surface area contributed by atoms with E-state index in [4.69, 9.17) is 10.2 Å². The molecule has 0 amide bonds. The smallest absolute Gasteiger partial charge is 0.200 e. The minimum atomic E-state index is -0.526. The highest BCUT2D eigenvalue weighted by Gasteiger charge is 2.09. The first-order valence-electron chi connectivity index (χ1n) is 3.90. The van der Waals surface area contributed by atoms with Gasteiger partial charge in [-0.2, -0.15) is 0 Å². The topological polar surface area (TPSA) is 94.0 Å². The molecule has 0 heterocycles. The Morgan fingerprint density at radius 3 is 2.57 bits per heavy atom. The number of nitrogens with one attached hydrogen (secondary N) is 2. The van der Waals surface area contributed by atoms with Crippen LogP contribution in [-0.2, 0) is 11.4 Å². The summed E-state index contributed by atoms with van der Waals surface area (Å²) in [6.45, 7) is 0.244. The van der Waals surface area contributed by atoms with Crippen molar-refractivity contribution in [2.24, 2.45) is 0 Å². The summed E-state index contributed by atoms with van der Waals surface area (Å²) in [6, 6.07) is 2.77. The van der Waals surface area contributed by atoms with Crippen LogP contribution >= 0.6 is 0 Å². The summed E-state index contributed by atoms with van der Waals surface area (Å²) in [6.07, 6.45) is 0. The summed E-state index contributed by atoms with van der Waals surface area (Å²) in [7, 11) is 1.43. The minimum Gasteiger partial charge on any atom is -0.504 e. The molecule has 1 rings (SSSR count). The van der Waals surface area contributed by atoms with Crippen LogP contribution < -0.4 is 11.0 Å². The molecule has 1 aromatic carbocycles. The third-order valence-corrected chi connectivity index (χ3v) is 1.67. The molecule has 0 spiro atoms. The monoisotopic (exact) mass is 200 g/mol. The third kappa shape index (κ3) is 2.25. The molecule has 1 aromatic rings. The SMILES string of the molecule is CONNCc1ccc(O)c(O)c1O. The molecule has 0 atom stereocenters. The third-order valence-electron chi connectivity index (χ3n) is 1.67. The second kappa shape index (κ2) is 4.66. The van der Waals surface area contributed by atoms with Crippen molar-refractivity contribution < 1.29 is 20.2 Å². The summed E-state index contributed by atoms with van der Waals surface area (Å²) in [4.78, 5) is 4.50. The van der Waals surface area contributed by atoms with E-state index in [-0.39, 0.29) is 18.0 Å². The molecule has 5 N–H and O–H groups in total. The van der Waals surface area contributed by atoms with E-state index < -0.39 is 5.75 Å². The molecule has 0 aliphatic rings. The summed E-state index contributed by atoms with van der Waals surface area (Å²) in [5, 5.41) is 27.5. The lowest BCUT2D eigenvalue weighted by Crippen LogP contribution is -2.29. The van der Waals surface area contributed by atoms with Crippen LogP contribution in [0.15, 0.2) is 12.1 Å². The zero-order chi connectivity index (χ0) is 10.6. The maximum absolute atomic E-state index is 9.36. The number of phenols is 3. The second-order valence-corrected chi connectivity index (χ2v) is 2.60. The molecule has 0 radical (unpaired) electrons. The summed E-state index contributed by atoms with van der Waals surface area (Å²) in [5.41, 5.74) is 5.40. The van der Waals surface area contributed by atoms with Gasteiger partial charge in [-0.15, -0.1) is 5.59 Å². The Labute approximate surface area is 80.7 Å². The molecule has 0 saturated heterocycles. The van der Waals surface area contributed by atoms with Crippen molar-refractivity contribution in [2.45, 2.75) is 6.54 Å². The molecule has 0 aliphatic carbocycles. The number of hydrogen-bond donors (Lipinski definition) is 5. The fourth-order valence-electron chi connectivity index (χ4n) is 0.957. The largest absolute Gasteiger partial charge is 0.504 e. The van der Waals surface area contributed by atoms with Crippen LogP contribution in [0.1, 0.15) is 5.56 Å². The molecular weight excluding hydrogens is 188 g/mol. The van der Waals surface area contributed by atoms with Gasteiger partial charge in [-0.05, 0) is 6.07 Å². The first kappa shape index (κ1) is 10.6. The number of rotatable bonds is 4. The van der Waals surface area contributed by atoms with Crippen molar-refractivity contribution in [2.75, 3.05) is 7.11 Å². The van der Waals surface area contributed by atoms with E-state index in [9.17, 15) is 5.11 Å². The highest BCUT2D eigenvalue weighted by molar-refractivity contribution is 5.52. The van der Waals surface area contributed by atoms with E-state index in [0.717, 1.165) is 0 Å². The Morgan fingerprint density at radius 2 is 1.93 bits per heavy atom. The lowest BCUT2D eigenvalue weighted by molar-refractivity contribution is 0.0535. The highest BCUT2D eigenvalue weighted by Crippen LogP contribution is 2.36. The molecule has 0 aromatic heterocycles. The molecule has 78 valence electrons. The molecule has 0 aliphatic heterocycles. The fraction of sp³-hybridized carbons (Fsp3) is 0.250. The second-order valence-electron chi connectivity index (χ2n) is 2.60. The molecule has 6 nitrogen and oxygen atoms in total. The molecular formula is C8H12N2O4.